The summed E-state index contributed by atoms with van der Waals surface area (Å²) in [5.74, 6) is 0.436. The lowest BCUT2D eigenvalue weighted by molar-refractivity contribution is 0.0854. The molecule has 0 radical (unpaired) electrons. The first kappa shape index (κ1) is 14.9. The smallest absolute Gasteiger partial charge is 0.0726 e. The van der Waals surface area contributed by atoms with E-state index in [-0.39, 0.29) is 13.2 Å². The molecule has 6 nitrogen and oxygen atoms in total. The van der Waals surface area contributed by atoms with E-state index in [1.54, 1.807) is 10.9 Å². The molecule has 0 aliphatic carbocycles. The molecule has 0 aliphatic rings. The van der Waals surface area contributed by atoms with Crippen LogP contribution >= 0.6 is 0 Å². The Hall–Kier alpha value is -1.11. The Labute approximate surface area is 108 Å². The molecule has 1 aromatic rings. The van der Waals surface area contributed by atoms with Gasteiger partial charge in [-0.15, -0.1) is 0 Å². The van der Waals surface area contributed by atoms with E-state index in [9.17, 15) is 0 Å². The molecule has 18 heavy (non-hydrogen) atoms. The summed E-state index contributed by atoms with van der Waals surface area (Å²) in [5, 5.41) is 24.8. The molecule has 0 fully saturated rings. The maximum atomic E-state index is 8.80. The van der Waals surface area contributed by atoms with E-state index in [1.165, 1.54) is 0 Å². The van der Waals surface area contributed by atoms with Crippen molar-refractivity contribution in [3.05, 3.63) is 12.4 Å². The average molecular weight is 257 g/mol. The highest BCUT2D eigenvalue weighted by Crippen LogP contribution is 2.07. The van der Waals surface area contributed by atoms with Crippen LogP contribution in [0.4, 0.5) is 5.69 Å². The lowest BCUT2D eigenvalue weighted by atomic mass is 10.1. The van der Waals surface area contributed by atoms with Crippen LogP contribution in [0.2, 0.25) is 0 Å². The first-order chi connectivity index (χ1) is 8.76. The first-order valence-corrected chi connectivity index (χ1v) is 6.32. The van der Waals surface area contributed by atoms with Gasteiger partial charge in [-0.2, -0.15) is 5.10 Å². The molecule has 0 saturated heterocycles. The van der Waals surface area contributed by atoms with Crippen LogP contribution in [0.15, 0.2) is 12.4 Å². The number of aliphatic hydroxyl groups excluding tert-OH is 2. The van der Waals surface area contributed by atoms with E-state index in [1.807, 2.05) is 6.20 Å². The van der Waals surface area contributed by atoms with E-state index >= 15 is 0 Å². The zero-order valence-corrected chi connectivity index (χ0v) is 10.9. The molecule has 0 spiro atoms. The normalized spacial score (nSPS) is 12.6. The molecule has 1 rings (SSSR count). The number of ether oxygens (including phenoxy) is 1. The minimum Gasteiger partial charge on any atom is -0.396 e. The Morgan fingerprint density at radius 3 is 2.94 bits per heavy atom. The molecular formula is C12H23N3O3. The van der Waals surface area contributed by atoms with Gasteiger partial charge in [-0.3, -0.25) is 4.68 Å². The topological polar surface area (TPSA) is 79.5 Å². The van der Waals surface area contributed by atoms with Crippen LogP contribution < -0.4 is 5.32 Å². The number of nitrogens with zero attached hydrogens (tertiary/aromatic N) is 2. The number of hydrogen-bond donors (Lipinski definition) is 3. The van der Waals surface area contributed by atoms with Gasteiger partial charge < -0.3 is 20.3 Å². The number of aromatic nitrogens is 2. The summed E-state index contributed by atoms with van der Waals surface area (Å²) in [7, 11) is 0. The maximum Gasteiger partial charge on any atom is 0.0726 e. The van der Waals surface area contributed by atoms with Crippen LogP contribution in [0.5, 0.6) is 0 Å². The molecule has 3 N–H and O–H groups in total. The monoisotopic (exact) mass is 257 g/mol. The molecule has 6 heteroatoms. The fourth-order valence-electron chi connectivity index (χ4n) is 1.52. The molecule has 1 aromatic heterocycles. The van der Waals surface area contributed by atoms with Crippen LogP contribution in [-0.4, -0.2) is 53.0 Å². The zero-order valence-electron chi connectivity index (χ0n) is 10.9. The van der Waals surface area contributed by atoms with Gasteiger partial charge in [-0.1, -0.05) is 6.92 Å². The van der Waals surface area contributed by atoms with Crippen molar-refractivity contribution in [2.75, 3.05) is 38.3 Å². The van der Waals surface area contributed by atoms with Crippen molar-refractivity contribution < 1.29 is 14.9 Å². The van der Waals surface area contributed by atoms with Crippen LogP contribution in [0, 0.1) is 5.92 Å². The molecule has 0 bridgehead atoms. The summed E-state index contributed by atoms with van der Waals surface area (Å²) < 4.78 is 6.97. The second kappa shape index (κ2) is 8.91. The van der Waals surface area contributed by atoms with Gasteiger partial charge in [0.25, 0.3) is 0 Å². The molecule has 104 valence electrons. The summed E-state index contributed by atoms with van der Waals surface area (Å²) in [6.45, 7) is 4.78. The third-order valence-corrected chi connectivity index (χ3v) is 2.61. The van der Waals surface area contributed by atoms with E-state index in [2.05, 4.69) is 17.3 Å². The number of aliphatic hydroxyl groups is 2. The van der Waals surface area contributed by atoms with Crippen LogP contribution in [0.3, 0.4) is 0 Å². The number of rotatable bonds is 10. The van der Waals surface area contributed by atoms with Gasteiger partial charge in [0.1, 0.15) is 0 Å². The van der Waals surface area contributed by atoms with Gasteiger partial charge in [-0.25, -0.2) is 0 Å². The molecule has 1 heterocycles. The summed E-state index contributed by atoms with van der Waals surface area (Å²) in [4.78, 5) is 0. The Morgan fingerprint density at radius 1 is 1.39 bits per heavy atom. The fourth-order valence-corrected chi connectivity index (χ4v) is 1.52. The first-order valence-electron chi connectivity index (χ1n) is 6.32. The van der Waals surface area contributed by atoms with Crippen LogP contribution in [0.25, 0.3) is 0 Å². The van der Waals surface area contributed by atoms with Gasteiger partial charge in [0.15, 0.2) is 0 Å². The average Bonchev–Trinajstić information content (AvgIpc) is 2.81. The number of nitrogens with one attached hydrogen (secondary N) is 1. The summed E-state index contributed by atoms with van der Waals surface area (Å²) in [6.07, 6.45) is 4.50. The van der Waals surface area contributed by atoms with Crippen molar-refractivity contribution >= 4 is 5.69 Å². The Kier molecular flexibility index (Phi) is 7.40. The maximum absolute atomic E-state index is 8.80. The van der Waals surface area contributed by atoms with Gasteiger partial charge in [0, 0.05) is 19.3 Å². The fraction of sp³-hybridized carbons (Fsp3) is 0.750. The summed E-state index contributed by atoms with van der Waals surface area (Å²) >= 11 is 0. The molecule has 0 aromatic carbocycles. The number of anilines is 1. The van der Waals surface area contributed by atoms with E-state index in [0.717, 1.165) is 18.7 Å². The third kappa shape index (κ3) is 6.00. The second-order valence-electron chi connectivity index (χ2n) is 4.33. The van der Waals surface area contributed by atoms with Crippen molar-refractivity contribution in [2.45, 2.75) is 19.9 Å². The Morgan fingerprint density at radius 2 is 2.22 bits per heavy atom. The molecule has 0 saturated carbocycles. The molecule has 1 atom stereocenters. The highest BCUT2D eigenvalue weighted by Gasteiger charge is 2.02. The standard InChI is InChI=1S/C12H23N3O3/c1-11(2-4-16)8-13-12-9-14-15(10-12)3-6-18-7-5-17/h9-11,13,16-17H,2-8H2,1H3. The van der Waals surface area contributed by atoms with Crippen molar-refractivity contribution in [2.24, 2.45) is 5.92 Å². The predicted molar refractivity (Wildman–Crippen MR) is 69.5 cm³/mol. The minimum atomic E-state index is 0.0503. The van der Waals surface area contributed by atoms with Gasteiger partial charge in [-0.05, 0) is 12.3 Å². The predicted octanol–water partition coefficient (Wildman–Crippen LogP) is 0.322. The van der Waals surface area contributed by atoms with Gasteiger partial charge in [0.2, 0.25) is 0 Å². The van der Waals surface area contributed by atoms with Gasteiger partial charge in [0.05, 0.1) is 38.2 Å². The minimum absolute atomic E-state index is 0.0503. The van der Waals surface area contributed by atoms with Crippen molar-refractivity contribution in [1.29, 1.82) is 0 Å². The van der Waals surface area contributed by atoms with E-state index < -0.39 is 0 Å². The van der Waals surface area contributed by atoms with Crippen molar-refractivity contribution in [1.82, 2.24) is 9.78 Å². The second-order valence-corrected chi connectivity index (χ2v) is 4.33. The molecule has 0 amide bonds. The molecule has 1 unspecified atom stereocenters. The van der Waals surface area contributed by atoms with Gasteiger partial charge >= 0.3 is 0 Å². The van der Waals surface area contributed by atoms with E-state index in [0.29, 0.717) is 25.7 Å². The largest absolute Gasteiger partial charge is 0.396 e. The summed E-state index contributed by atoms with van der Waals surface area (Å²) in [5.41, 5.74) is 0.974. The van der Waals surface area contributed by atoms with Crippen LogP contribution in [-0.2, 0) is 11.3 Å². The summed E-state index contributed by atoms with van der Waals surface area (Å²) in [6, 6.07) is 0. The van der Waals surface area contributed by atoms with E-state index in [4.69, 9.17) is 14.9 Å². The highest BCUT2D eigenvalue weighted by molar-refractivity contribution is 5.37. The Bertz CT molecular complexity index is 317. The lowest BCUT2D eigenvalue weighted by Crippen LogP contribution is -2.12. The Balaban J connectivity index is 2.21. The quantitative estimate of drug-likeness (QED) is 0.526. The lowest BCUT2D eigenvalue weighted by Gasteiger charge is -2.10. The van der Waals surface area contributed by atoms with Crippen molar-refractivity contribution in [3.63, 3.8) is 0 Å². The van der Waals surface area contributed by atoms with Crippen LogP contribution in [0.1, 0.15) is 13.3 Å². The SMILES string of the molecule is CC(CCO)CNc1cnn(CCOCCO)c1. The molecular weight excluding hydrogens is 234 g/mol. The van der Waals surface area contributed by atoms with Crippen molar-refractivity contribution in [3.8, 4) is 0 Å². The molecule has 0 aliphatic heterocycles. The number of hydrogen-bond acceptors (Lipinski definition) is 5. The highest BCUT2D eigenvalue weighted by atomic mass is 16.5. The zero-order chi connectivity index (χ0) is 13.2. The third-order valence-electron chi connectivity index (χ3n) is 2.61.